The van der Waals surface area contributed by atoms with Crippen LogP contribution >= 0.6 is 0 Å². The predicted octanol–water partition coefficient (Wildman–Crippen LogP) is 1.51. The summed E-state index contributed by atoms with van der Waals surface area (Å²) in [5, 5.41) is 10.8. The van der Waals surface area contributed by atoms with Crippen molar-refractivity contribution in [2.45, 2.75) is 13.5 Å². The van der Waals surface area contributed by atoms with E-state index < -0.39 is 4.92 Å². The van der Waals surface area contributed by atoms with Gasteiger partial charge in [-0.1, -0.05) is 0 Å². The Kier molecular flexibility index (Phi) is 3.81. The van der Waals surface area contributed by atoms with Gasteiger partial charge in [0.2, 0.25) is 10.5 Å². The maximum atomic E-state index is 10.8. The quantitative estimate of drug-likeness (QED) is 0.442. The van der Waals surface area contributed by atoms with E-state index in [1.54, 1.807) is 6.07 Å². The number of aryl methyl sites for hydroxylation is 1. The van der Waals surface area contributed by atoms with Gasteiger partial charge in [-0.05, 0) is 18.6 Å². The van der Waals surface area contributed by atoms with E-state index in [-0.39, 0.29) is 12.3 Å². The van der Waals surface area contributed by atoms with E-state index in [2.05, 4.69) is 10.5 Å². The average molecular weight is 224 g/mol. The molecule has 0 saturated heterocycles. The van der Waals surface area contributed by atoms with E-state index in [0.29, 0.717) is 11.3 Å². The number of methoxy groups -OCH3 is 1. The summed E-state index contributed by atoms with van der Waals surface area (Å²) in [6, 6.07) is 3.08. The molecule has 0 spiro atoms. The molecule has 0 bridgehead atoms. The monoisotopic (exact) mass is 224 g/mol. The fourth-order valence-corrected chi connectivity index (χ4v) is 1.48. The smallest absolute Gasteiger partial charge is 0.278 e. The van der Waals surface area contributed by atoms with Crippen LogP contribution in [0.25, 0.3) is 0 Å². The molecule has 15 heavy (non-hydrogen) atoms. The third-order valence-electron chi connectivity index (χ3n) is 2.02. The van der Waals surface area contributed by atoms with Crippen molar-refractivity contribution in [1.29, 1.82) is 0 Å². The Bertz CT molecular complexity index is 381. The molecule has 1 aromatic rings. The first kappa shape index (κ1) is 11.7. The summed E-state index contributed by atoms with van der Waals surface area (Å²) < 4.78 is 9.72. The van der Waals surface area contributed by atoms with Crippen molar-refractivity contribution in [1.82, 2.24) is 0 Å². The van der Waals surface area contributed by atoms with Crippen molar-refractivity contribution >= 4 is 16.2 Å². The van der Waals surface area contributed by atoms with Crippen LogP contribution in [0.2, 0.25) is 0 Å². The number of hydrogen-bond acceptors (Lipinski definition) is 4. The molecule has 5 nitrogen and oxygen atoms in total. The molecule has 0 aromatic heterocycles. The molecular weight excluding hydrogens is 214 g/mol. The van der Waals surface area contributed by atoms with Gasteiger partial charge in [0.1, 0.15) is 5.75 Å². The zero-order valence-corrected chi connectivity index (χ0v) is 9.44. The topological polar surface area (TPSA) is 61.6 Å². The van der Waals surface area contributed by atoms with Crippen LogP contribution in [0, 0.1) is 17.0 Å². The van der Waals surface area contributed by atoms with Crippen molar-refractivity contribution in [2.24, 2.45) is 0 Å². The number of hydrogen-bond donors (Lipinski definition) is 0. The number of nitro groups is 1. The van der Waals surface area contributed by atoms with Gasteiger partial charge in [0.25, 0.3) is 5.69 Å². The normalized spacial score (nSPS) is 10.1. The van der Waals surface area contributed by atoms with Gasteiger partial charge in [0.05, 0.1) is 30.3 Å². The number of nitrogens with zero attached hydrogens (tertiary/aromatic N) is 1. The highest BCUT2D eigenvalue weighted by Crippen LogP contribution is 2.28. The maximum Gasteiger partial charge on any atom is 0.278 e. The Morgan fingerprint density at radius 2 is 2.20 bits per heavy atom. The Morgan fingerprint density at radius 1 is 1.53 bits per heavy atom. The van der Waals surface area contributed by atoms with Crippen molar-refractivity contribution in [3.63, 3.8) is 0 Å². The van der Waals surface area contributed by atoms with Crippen LogP contribution in [-0.2, 0) is 11.0 Å². The molecule has 0 fully saturated rings. The lowest BCUT2D eigenvalue weighted by molar-refractivity contribution is -0.385. The summed E-state index contributed by atoms with van der Waals surface area (Å²) in [4.78, 5) is 10.3. The zero-order chi connectivity index (χ0) is 11.4. The highest BCUT2D eigenvalue weighted by molar-refractivity contribution is 5.97. The van der Waals surface area contributed by atoms with Crippen LogP contribution < -0.4 is 4.74 Å². The van der Waals surface area contributed by atoms with Crippen LogP contribution in [0.1, 0.15) is 11.1 Å². The second-order valence-electron chi connectivity index (χ2n) is 3.00. The maximum absolute atomic E-state index is 10.8. The van der Waals surface area contributed by atoms with E-state index in [4.69, 9.17) is 9.16 Å². The van der Waals surface area contributed by atoms with Gasteiger partial charge in [-0.3, -0.25) is 10.1 Å². The molecular formula is C9H10NO4Si. The molecule has 0 heterocycles. The van der Waals surface area contributed by atoms with Crippen LogP contribution in [0.4, 0.5) is 5.69 Å². The van der Waals surface area contributed by atoms with Gasteiger partial charge in [0.15, 0.2) is 0 Å². The van der Waals surface area contributed by atoms with E-state index in [0.717, 1.165) is 5.56 Å². The Hall–Kier alpha value is -1.40. The SMILES string of the molecule is COc1cc([N+](=O)[O-])c(CO[Si])cc1C. The number of rotatable bonds is 4. The lowest BCUT2D eigenvalue weighted by atomic mass is 10.1. The molecule has 0 unspecified atom stereocenters. The minimum absolute atomic E-state index is 0.00398. The first-order valence-electron chi connectivity index (χ1n) is 4.20. The Morgan fingerprint density at radius 3 is 2.67 bits per heavy atom. The molecule has 3 radical (unpaired) electrons. The fourth-order valence-electron chi connectivity index (χ4n) is 1.32. The molecule has 1 aromatic carbocycles. The summed E-state index contributed by atoms with van der Waals surface area (Å²) in [7, 11) is 4.30. The molecule has 0 amide bonds. The summed E-state index contributed by atoms with van der Waals surface area (Å²) >= 11 is 0. The first-order chi connectivity index (χ1) is 7.10. The molecule has 6 heteroatoms. The molecule has 0 aliphatic rings. The van der Waals surface area contributed by atoms with Gasteiger partial charge in [-0.15, -0.1) is 0 Å². The third-order valence-corrected chi connectivity index (χ3v) is 2.16. The lowest BCUT2D eigenvalue weighted by Gasteiger charge is -2.07. The van der Waals surface area contributed by atoms with Gasteiger partial charge in [0, 0.05) is 0 Å². The summed E-state index contributed by atoms with van der Waals surface area (Å²) in [5.74, 6) is 0.499. The van der Waals surface area contributed by atoms with Crippen molar-refractivity contribution < 1.29 is 14.1 Å². The Balaban J connectivity index is 3.25. The molecule has 1 rings (SSSR count). The van der Waals surface area contributed by atoms with Gasteiger partial charge >= 0.3 is 0 Å². The van der Waals surface area contributed by atoms with E-state index in [1.807, 2.05) is 6.92 Å². The van der Waals surface area contributed by atoms with Gasteiger partial charge < -0.3 is 9.16 Å². The van der Waals surface area contributed by atoms with E-state index in [9.17, 15) is 10.1 Å². The molecule has 79 valence electrons. The van der Waals surface area contributed by atoms with E-state index in [1.165, 1.54) is 13.2 Å². The lowest BCUT2D eigenvalue weighted by Crippen LogP contribution is -2.00. The van der Waals surface area contributed by atoms with Crippen molar-refractivity contribution in [3.05, 3.63) is 33.4 Å². The number of nitro benzene ring substituents is 1. The highest BCUT2D eigenvalue weighted by Gasteiger charge is 2.16. The minimum Gasteiger partial charge on any atom is -0.496 e. The summed E-state index contributed by atoms with van der Waals surface area (Å²) in [6.45, 7) is 1.96. The Labute approximate surface area is 90.7 Å². The fraction of sp³-hybridized carbons (Fsp3) is 0.333. The van der Waals surface area contributed by atoms with Crippen LogP contribution in [-0.4, -0.2) is 22.5 Å². The van der Waals surface area contributed by atoms with Crippen LogP contribution in [0.5, 0.6) is 5.75 Å². The summed E-state index contributed by atoms with van der Waals surface area (Å²) in [5.41, 5.74) is 1.34. The van der Waals surface area contributed by atoms with Crippen molar-refractivity contribution in [3.8, 4) is 5.75 Å². The summed E-state index contributed by atoms with van der Waals surface area (Å²) in [6.07, 6.45) is 0. The number of benzene rings is 1. The molecule has 0 atom stereocenters. The minimum atomic E-state index is -0.456. The second kappa shape index (κ2) is 4.90. The van der Waals surface area contributed by atoms with Crippen LogP contribution in [0.3, 0.4) is 0 Å². The van der Waals surface area contributed by atoms with Crippen molar-refractivity contribution in [2.75, 3.05) is 7.11 Å². The average Bonchev–Trinajstić information content (AvgIpc) is 2.18. The van der Waals surface area contributed by atoms with Gasteiger partial charge in [-0.25, -0.2) is 0 Å². The molecule has 0 aliphatic heterocycles. The standard InChI is InChI=1S/C9H10NO4Si/c1-6-3-7(5-14-15)8(10(11)12)4-9(6)13-2/h3-4H,5H2,1-2H3. The highest BCUT2D eigenvalue weighted by atomic mass is 28.2. The third kappa shape index (κ3) is 2.54. The van der Waals surface area contributed by atoms with E-state index >= 15 is 0 Å². The number of ether oxygens (including phenoxy) is 1. The van der Waals surface area contributed by atoms with Crippen LogP contribution in [0.15, 0.2) is 12.1 Å². The zero-order valence-electron chi connectivity index (χ0n) is 8.44. The first-order valence-corrected chi connectivity index (χ1v) is 4.61. The molecule has 0 N–H and O–H groups in total. The van der Waals surface area contributed by atoms with Gasteiger partial charge in [-0.2, -0.15) is 0 Å². The molecule has 0 aliphatic carbocycles. The predicted molar refractivity (Wildman–Crippen MR) is 54.9 cm³/mol. The second-order valence-corrected chi connectivity index (χ2v) is 3.29. The molecule has 0 saturated carbocycles. The largest absolute Gasteiger partial charge is 0.496 e.